The fourth-order valence-corrected chi connectivity index (χ4v) is 3.17. The highest BCUT2D eigenvalue weighted by atomic mass is 32.1. The number of nitrogens with one attached hydrogen (secondary N) is 1. The van der Waals surface area contributed by atoms with Crippen LogP contribution in [0.2, 0.25) is 0 Å². The van der Waals surface area contributed by atoms with E-state index in [-0.39, 0.29) is 18.0 Å². The van der Waals surface area contributed by atoms with Crippen molar-refractivity contribution in [2.75, 3.05) is 5.32 Å². The maximum atomic E-state index is 12.2. The van der Waals surface area contributed by atoms with Crippen molar-refractivity contribution in [3.63, 3.8) is 0 Å². The van der Waals surface area contributed by atoms with Gasteiger partial charge in [-0.2, -0.15) is 0 Å². The third-order valence-electron chi connectivity index (χ3n) is 3.02. The number of thiazole rings is 1. The lowest BCUT2D eigenvalue weighted by molar-refractivity contribution is -0.114. The van der Waals surface area contributed by atoms with Gasteiger partial charge in [-0.3, -0.25) is 9.69 Å². The third kappa shape index (κ3) is 3.93. The SMILES string of the molecule is CC(=O)Nc1nc2c(s1)CN(C(=O)OC(C)(C)C)[C@H](C)C2. The first kappa shape index (κ1) is 15.8. The average molecular weight is 311 g/mol. The van der Waals surface area contributed by atoms with Crippen LogP contribution in [-0.2, 0) is 22.5 Å². The zero-order valence-corrected chi connectivity index (χ0v) is 13.8. The number of rotatable bonds is 1. The second kappa shape index (κ2) is 5.63. The molecule has 0 saturated carbocycles. The third-order valence-corrected chi connectivity index (χ3v) is 4.02. The van der Waals surface area contributed by atoms with Crippen molar-refractivity contribution >= 4 is 28.5 Å². The molecule has 0 radical (unpaired) electrons. The zero-order chi connectivity index (χ0) is 15.8. The second-order valence-electron chi connectivity index (χ2n) is 6.23. The van der Waals surface area contributed by atoms with Gasteiger partial charge < -0.3 is 10.1 Å². The monoisotopic (exact) mass is 311 g/mol. The maximum Gasteiger partial charge on any atom is 0.410 e. The van der Waals surface area contributed by atoms with Gasteiger partial charge in [0.2, 0.25) is 5.91 Å². The molecule has 0 spiro atoms. The minimum Gasteiger partial charge on any atom is -0.444 e. The molecule has 0 saturated heterocycles. The molecular weight excluding hydrogens is 290 g/mol. The van der Waals surface area contributed by atoms with Gasteiger partial charge in [-0.1, -0.05) is 11.3 Å². The minimum absolute atomic E-state index is 0.0274. The van der Waals surface area contributed by atoms with Crippen molar-refractivity contribution in [1.29, 1.82) is 0 Å². The van der Waals surface area contributed by atoms with Crippen LogP contribution in [0.3, 0.4) is 0 Å². The van der Waals surface area contributed by atoms with E-state index in [0.29, 0.717) is 18.1 Å². The molecule has 1 aliphatic rings. The van der Waals surface area contributed by atoms with Crippen LogP contribution in [0.1, 0.15) is 45.2 Å². The van der Waals surface area contributed by atoms with E-state index in [0.717, 1.165) is 10.6 Å². The second-order valence-corrected chi connectivity index (χ2v) is 7.32. The van der Waals surface area contributed by atoms with Gasteiger partial charge in [0.05, 0.1) is 12.2 Å². The molecule has 0 aliphatic carbocycles. The molecular formula is C14H21N3O3S. The lowest BCUT2D eigenvalue weighted by atomic mass is 10.1. The standard InChI is InChI=1S/C14H21N3O3S/c1-8-6-10-11(21-12(16-10)15-9(2)18)7-17(8)13(19)20-14(3,4)5/h8H,6-7H2,1-5H3,(H,15,16,18)/t8-/m1/s1. The van der Waals surface area contributed by atoms with Crippen LogP contribution in [0, 0.1) is 0 Å². The molecule has 1 N–H and O–H groups in total. The molecule has 2 rings (SSSR count). The number of carbonyl (C=O) groups is 2. The van der Waals surface area contributed by atoms with Crippen molar-refractivity contribution < 1.29 is 14.3 Å². The van der Waals surface area contributed by atoms with Gasteiger partial charge in [-0.05, 0) is 27.7 Å². The smallest absolute Gasteiger partial charge is 0.410 e. The molecule has 0 unspecified atom stereocenters. The summed E-state index contributed by atoms with van der Waals surface area (Å²) >= 11 is 1.41. The van der Waals surface area contributed by atoms with Crippen molar-refractivity contribution in [1.82, 2.24) is 9.88 Å². The quantitative estimate of drug-likeness (QED) is 0.865. The first-order valence-corrected chi connectivity index (χ1v) is 7.73. The van der Waals surface area contributed by atoms with Crippen LogP contribution in [0.4, 0.5) is 9.93 Å². The number of nitrogens with zero attached hydrogens (tertiary/aromatic N) is 2. The van der Waals surface area contributed by atoms with Gasteiger partial charge in [0.1, 0.15) is 5.60 Å². The summed E-state index contributed by atoms with van der Waals surface area (Å²) in [6, 6.07) is 0.0274. The Balaban J connectivity index is 2.14. The largest absolute Gasteiger partial charge is 0.444 e. The van der Waals surface area contributed by atoms with Crippen LogP contribution in [0.15, 0.2) is 0 Å². The normalized spacial score (nSPS) is 18.1. The van der Waals surface area contributed by atoms with E-state index in [1.54, 1.807) is 4.90 Å². The maximum absolute atomic E-state index is 12.2. The number of amides is 2. The molecule has 116 valence electrons. The van der Waals surface area contributed by atoms with Gasteiger partial charge in [0, 0.05) is 24.3 Å². The molecule has 0 fully saturated rings. The lowest BCUT2D eigenvalue weighted by Gasteiger charge is -2.34. The minimum atomic E-state index is -0.508. The molecule has 2 heterocycles. The summed E-state index contributed by atoms with van der Waals surface area (Å²) in [5.41, 5.74) is 0.447. The molecule has 0 aromatic carbocycles. The highest BCUT2D eigenvalue weighted by Crippen LogP contribution is 2.31. The van der Waals surface area contributed by atoms with E-state index in [1.165, 1.54) is 18.3 Å². The summed E-state index contributed by atoms with van der Waals surface area (Å²) in [6.45, 7) is 9.47. The van der Waals surface area contributed by atoms with Crippen LogP contribution in [0.25, 0.3) is 0 Å². The molecule has 21 heavy (non-hydrogen) atoms. The number of carbonyl (C=O) groups excluding carboxylic acids is 2. The number of hydrogen-bond donors (Lipinski definition) is 1. The first-order valence-electron chi connectivity index (χ1n) is 6.91. The van der Waals surface area contributed by atoms with E-state index >= 15 is 0 Å². The Hall–Kier alpha value is -1.63. The zero-order valence-electron chi connectivity index (χ0n) is 13.0. The summed E-state index contributed by atoms with van der Waals surface area (Å²) in [5.74, 6) is -0.141. The van der Waals surface area contributed by atoms with Gasteiger partial charge in [-0.25, -0.2) is 9.78 Å². The van der Waals surface area contributed by atoms with Crippen molar-refractivity contribution in [3.8, 4) is 0 Å². The summed E-state index contributed by atoms with van der Waals surface area (Å²) in [6.07, 6.45) is 0.361. The highest BCUT2D eigenvalue weighted by molar-refractivity contribution is 7.15. The Bertz CT molecular complexity index is 562. The highest BCUT2D eigenvalue weighted by Gasteiger charge is 2.32. The van der Waals surface area contributed by atoms with E-state index in [2.05, 4.69) is 10.3 Å². The molecule has 6 nitrogen and oxygen atoms in total. The Morgan fingerprint density at radius 2 is 2.10 bits per heavy atom. The lowest BCUT2D eigenvalue weighted by Crippen LogP contribution is -2.44. The van der Waals surface area contributed by atoms with E-state index in [4.69, 9.17) is 4.74 Å². The predicted octanol–water partition coefficient (Wildman–Crippen LogP) is 2.78. The fraction of sp³-hybridized carbons (Fsp3) is 0.643. The summed E-state index contributed by atoms with van der Waals surface area (Å²) in [4.78, 5) is 30.5. The van der Waals surface area contributed by atoms with Gasteiger partial charge >= 0.3 is 6.09 Å². The van der Waals surface area contributed by atoms with Crippen molar-refractivity contribution in [3.05, 3.63) is 10.6 Å². The first-order chi connectivity index (χ1) is 9.65. The van der Waals surface area contributed by atoms with Crippen LogP contribution >= 0.6 is 11.3 Å². The van der Waals surface area contributed by atoms with E-state index < -0.39 is 5.60 Å². The Kier molecular flexibility index (Phi) is 4.22. The summed E-state index contributed by atoms with van der Waals surface area (Å²) in [7, 11) is 0. The summed E-state index contributed by atoms with van der Waals surface area (Å²) < 4.78 is 5.44. The number of anilines is 1. The number of hydrogen-bond acceptors (Lipinski definition) is 5. The van der Waals surface area contributed by atoms with E-state index in [1.807, 2.05) is 27.7 Å². The topological polar surface area (TPSA) is 71.5 Å². The fourth-order valence-electron chi connectivity index (χ4n) is 2.14. The molecule has 1 aromatic rings. The van der Waals surface area contributed by atoms with E-state index in [9.17, 15) is 9.59 Å². The van der Waals surface area contributed by atoms with Gasteiger partial charge in [-0.15, -0.1) is 0 Å². The number of aromatic nitrogens is 1. The molecule has 2 amide bonds. The Labute approximate surface area is 128 Å². The molecule has 7 heteroatoms. The van der Waals surface area contributed by atoms with Crippen molar-refractivity contribution in [2.24, 2.45) is 0 Å². The summed E-state index contributed by atoms with van der Waals surface area (Å²) in [5, 5.41) is 3.28. The number of ether oxygens (including phenoxy) is 1. The van der Waals surface area contributed by atoms with Crippen molar-refractivity contribution in [2.45, 2.75) is 59.2 Å². The van der Waals surface area contributed by atoms with Crippen LogP contribution in [0.5, 0.6) is 0 Å². The number of fused-ring (bicyclic) bond motifs is 1. The molecule has 0 bridgehead atoms. The van der Waals surface area contributed by atoms with Gasteiger partial charge in [0.15, 0.2) is 5.13 Å². The van der Waals surface area contributed by atoms with Gasteiger partial charge in [0.25, 0.3) is 0 Å². The van der Waals surface area contributed by atoms with Crippen LogP contribution in [-0.4, -0.2) is 33.5 Å². The molecule has 1 aliphatic heterocycles. The molecule has 1 atom stereocenters. The Morgan fingerprint density at radius 3 is 2.67 bits per heavy atom. The predicted molar refractivity (Wildman–Crippen MR) is 81.4 cm³/mol. The average Bonchev–Trinajstić information content (AvgIpc) is 2.65. The Morgan fingerprint density at radius 1 is 1.43 bits per heavy atom. The van der Waals surface area contributed by atoms with Crippen LogP contribution < -0.4 is 5.32 Å². The molecule has 1 aromatic heterocycles.